The van der Waals surface area contributed by atoms with Crippen LogP contribution in [0.2, 0.25) is 5.02 Å². The number of halogens is 1. The first-order valence-electron chi connectivity index (χ1n) is 5.16. The van der Waals surface area contributed by atoms with Crippen LogP contribution in [0.5, 0.6) is 0 Å². The zero-order valence-corrected chi connectivity index (χ0v) is 9.77. The summed E-state index contributed by atoms with van der Waals surface area (Å²) in [6, 6.07) is 9.95. The van der Waals surface area contributed by atoms with Crippen LogP contribution in [-0.4, -0.2) is 11.1 Å². The lowest BCUT2D eigenvalue weighted by molar-refractivity contribution is 0.0663. The molecule has 0 saturated carbocycles. The van der Waals surface area contributed by atoms with Gasteiger partial charge in [0.15, 0.2) is 11.5 Å². The van der Waals surface area contributed by atoms with Crippen LogP contribution < -0.4 is 0 Å². The van der Waals surface area contributed by atoms with Crippen LogP contribution in [0, 0.1) is 0 Å². The molecule has 3 aromatic rings. The van der Waals surface area contributed by atoms with Gasteiger partial charge >= 0.3 is 5.97 Å². The van der Waals surface area contributed by atoms with Gasteiger partial charge in [0, 0.05) is 10.4 Å². The first-order chi connectivity index (χ1) is 8.63. The molecule has 90 valence electrons. The summed E-state index contributed by atoms with van der Waals surface area (Å²) in [5, 5.41) is 10.2. The average Bonchev–Trinajstić information content (AvgIpc) is 2.93. The standard InChI is InChI=1S/C13H7ClO4/c14-8-1-2-9-7(5-8)6-12(17-9)10-3-4-11(18-10)13(15)16/h1-6H,(H,15,16). The highest BCUT2D eigenvalue weighted by Crippen LogP contribution is 2.30. The quantitative estimate of drug-likeness (QED) is 0.757. The maximum atomic E-state index is 10.7. The number of rotatable bonds is 2. The van der Waals surface area contributed by atoms with Gasteiger partial charge in [-0.15, -0.1) is 0 Å². The summed E-state index contributed by atoms with van der Waals surface area (Å²) < 4.78 is 10.7. The van der Waals surface area contributed by atoms with E-state index in [0.29, 0.717) is 22.1 Å². The molecule has 0 amide bonds. The number of furan rings is 2. The van der Waals surface area contributed by atoms with Gasteiger partial charge in [-0.2, -0.15) is 0 Å². The second-order valence-corrected chi connectivity index (χ2v) is 4.20. The van der Waals surface area contributed by atoms with Crippen molar-refractivity contribution in [1.82, 2.24) is 0 Å². The Hall–Kier alpha value is -2.20. The van der Waals surface area contributed by atoms with Gasteiger partial charge in [-0.05, 0) is 36.4 Å². The molecule has 0 bridgehead atoms. The Kier molecular flexibility index (Phi) is 2.38. The first kappa shape index (κ1) is 10.9. The molecule has 2 heterocycles. The van der Waals surface area contributed by atoms with E-state index in [2.05, 4.69) is 0 Å². The van der Waals surface area contributed by atoms with Gasteiger partial charge in [0.05, 0.1) is 0 Å². The lowest BCUT2D eigenvalue weighted by atomic mass is 10.2. The first-order valence-corrected chi connectivity index (χ1v) is 5.54. The van der Waals surface area contributed by atoms with Crippen LogP contribution in [0.4, 0.5) is 0 Å². The van der Waals surface area contributed by atoms with Crippen molar-refractivity contribution >= 4 is 28.5 Å². The van der Waals surface area contributed by atoms with Gasteiger partial charge in [-0.1, -0.05) is 11.6 Å². The molecule has 18 heavy (non-hydrogen) atoms. The third kappa shape index (κ3) is 1.76. The smallest absolute Gasteiger partial charge is 0.371 e. The fourth-order valence-corrected chi connectivity index (χ4v) is 1.90. The summed E-state index contributed by atoms with van der Waals surface area (Å²) in [7, 11) is 0. The molecule has 1 aromatic carbocycles. The van der Waals surface area contributed by atoms with Crippen molar-refractivity contribution in [3.05, 3.63) is 47.2 Å². The van der Waals surface area contributed by atoms with Gasteiger partial charge in [-0.3, -0.25) is 0 Å². The number of carbonyl (C=O) groups is 1. The average molecular weight is 263 g/mol. The molecule has 4 nitrogen and oxygen atoms in total. The van der Waals surface area contributed by atoms with E-state index in [1.54, 1.807) is 30.3 Å². The number of aromatic carboxylic acids is 1. The number of fused-ring (bicyclic) bond motifs is 1. The predicted molar refractivity (Wildman–Crippen MR) is 65.9 cm³/mol. The number of carboxylic acid groups (broad SMARTS) is 1. The lowest BCUT2D eigenvalue weighted by Gasteiger charge is -1.89. The summed E-state index contributed by atoms with van der Waals surface area (Å²) in [6.07, 6.45) is 0. The Labute approximate surface area is 106 Å². The molecule has 0 radical (unpaired) electrons. The van der Waals surface area contributed by atoms with Crippen LogP contribution in [0.15, 0.2) is 45.2 Å². The van der Waals surface area contributed by atoms with Crippen molar-refractivity contribution < 1.29 is 18.7 Å². The van der Waals surface area contributed by atoms with Crippen molar-refractivity contribution in [2.24, 2.45) is 0 Å². The van der Waals surface area contributed by atoms with E-state index in [4.69, 9.17) is 25.5 Å². The molecule has 1 N–H and O–H groups in total. The summed E-state index contributed by atoms with van der Waals surface area (Å²) in [6.45, 7) is 0. The summed E-state index contributed by atoms with van der Waals surface area (Å²) in [5.41, 5.74) is 0.669. The van der Waals surface area contributed by atoms with Gasteiger partial charge in [0.2, 0.25) is 5.76 Å². The highest BCUT2D eigenvalue weighted by Gasteiger charge is 2.13. The molecule has 0 spiro atoms. The Morgan fingerprint density at radius 1 is 1.06 bits per heavy atom. The maximum Gasteiger partial charge on any atom is 0.371 e. The summed E-state index contributed by atoms with van der Waals surface area (Å²) in [5.74, 6) is -0.386. The number of hydrogen-bond acceptors (Lipinski definition) is 3. The highest BCUT2D eigenvalue weighted by molar-refractivity contribution is 6.31. The van der Waals surface area contributed by atoms with Crippen molar-refractivity contribution in [2.75, 3.05) is 0 Å². The van der Waals surface area contributed by atoms with Crippen LogP contribution in [-0.2, 0) is 0 Å². The molecule has 0 fully saturated rings. The van der Waals surface area contributed by atoms with Gasteiger partial charge < -0.3 is 13.9 Å². The number of carboxylic acids is 1. The molecule has 3 rings (SSSR count). The lowest BCUT2D eigenvalue weighted by Crippen LogP contribution is -1.91. The number of benzene rings is 1. The second kappa shape index (κ2) is 3.92. The molecule has 0 aliphatic rings. The van der Waals surface area contributed by atoms with E-state index in [9.17, 15) is 4.79 Å². The van der Waals surface area contributed by atoms with E-state index in [1.807, 2.05) is 0 Å². The van der Waals surface area contributed by atoms with Crippen LogP contribution in [0.1, 0.15) is 10.6 Å². The molecule has 0 unspecified atom stereocenters. The summed E-state index contributed by atoms with van der Waals surface area (Å²) >= 11 is 5.88. The minimum Gasteiger partial charge on any atom is -0.475 e. The minimum atomic E-state index is -1.11. The molecule has 5 heteroatoms. The maximum absolute atomic E-state index is 10.7. The SMILES string of the molecule is O=C(O)c1ccc(-c2cc3cc(Cl)ccc3o2)o1. The monoisotopic (exact) mass is 262 g/mol. The third-order valence-corrected chi connectivity index (χ3v) is 2.77. The molecule has 2 aromatic heterocycles. The molecular weight excluding hydrogens is 256 g/mol. The molecule has 0 saturated heterocycles. The van der Waals surface area contributed by atoms with Crippen LogP contribution in [0.3, 0.4) is 0 Å². The van der Waals surface area contributed by atoms with Crippen LogP contribution >= 0.6 is 11.6 Å². The van der Waals surface area contributed by atoms with Gasteiger partial charge in [0.1, 0.15) is 5.58 Å². The van der Waals surface area contributed by atoms with E-state index in [0.717, 1.165) is 5.39 Å². The topological polar surface area (TPSA) is 63.6 Å². The van der Waals surface area contributed by atoms with Gasteiger partial charge in [0.25, 0.3) is 0 Å². The summed E-state index contributed by atoms with van der Waals surface area (Å²) in [4.78, 5) is 10.7. The fourth-order valence-electron chi connectivity index (χ4n) is 1.72. The minimum absolute atomic E-state index is 0.122. The molecule has 0 atom stereocenters. The van der Waals surface area contributed by atoms with E-state index in [1.165, 1.54) is 6.07 Å². The Bertz CT molecular complexity index is 738. The Morgan fingerprint density at radius 2 is 1.89 bits per heavy atom. The molecule has 0 aliphatic carbocycles. The van der Waals surface area contributed by atoms with E-state index >= 15 is 0 Å². The Balaban J connectivity index is 2.10. The zero-order valence-electron chi connectivity index (χ0n) is 9.01. The van der Waals surface area contributed by atoms with E-state index < -0.39 is 5.97 Å². The Morgan fingerprint density at radius 3 is 2.61 bits per heavy atom. The van der Waals surface area contributed by atoms with Crippen molar-refractivity contribution in [3.63, 3.8) is 0 Å². The van der Waals surface area contributed by atoms with Crippen molar-refractivity contribution in [1.29, 1.82) is 0 Å². The van der Waals surface area contributed by atoms with E-state index in [-0.39, 0.29) is 5.76 Å². The molecule has 0 aliphatic heterocycles. The second-order valence-electron chi connectivity index (χ2n) is 3.76. The number of hydrogen-bond donors (Lipinski definition) is 1. The largest absolute Gasteiger partial charge is 0.475 e. The van der Waals surface area contributed by atoms with Gasteiger partial charge in [-0.25, -0.2) is 4.79 Å². The van der Waals surface area contributed by atoms with Crippen molar-refractivity contribution in [3.8, 4) is 11.5 Å². The van der Waals surface area contributed by atoms with Crippen molar-refractivity contribution in [2.45, 2.75) is 0 Å². The predicted octanol–water partition coefficient (Wildman–Crippen LogP) is 4.04. The fraction of sp³-hybridized carbons (Fsp3) is 0. The normalized spacial score (nSPS) is 10.9. The highest BCUT2D eigenvalue weighted by atomic mass is 35.5. The van der Waals surface area contributed by atoms with Crippen LogP contribution in [0.25, 0.3) is 22.5 Å². The molecular formula is C13H7ClO4. The zero-order chi connectivity index (χ0) is 12.7. The third-order valence-electron chi connectivity index (χ3n) is 2.54.